The number of fused-ring (bicyclic) bond motifs is 1. The first kappa shape index (κ1) is 23.1. The van der Waals surface area contributed by atoms with Crippen LogP contribution in [0.5, 0.6) is 0 Å². The van der Waals surface area contributed by atoms with Gasteiger partial charge >= 0.3 is 6.18 Å². The van der Waals surface area contributed by atoms with Crippen LogP contribution in [0.3, 0.4) is 0 Å². The predicted octanol–water partition coefficient (Wildman–Crippen LogP) is 2.84. The number of ether oxygens (including phenoxy) is 1. The summed E-state index contributed by atoms with van der Waals surface area (Å²) in [6.45, 7) is 1.32. The Morgan fingerprint density at radius 1 is 1.33 bits per heavy atom. The number of aromatic nitrogens is 5. The van der Waals surface area contributed by atoms with Gasteiger partial charge in [0.25, 0.3) is 5.91 Å². The van der Waals surface area contributed by atoms with E-state index in [1.807, 2.05) is 13.1 Å². The lowest BCUT2D eigenvalue weighted by molar-refractivity contribution is -0.265. The molecule has 0 aromatic carbocycles. The van der Waals surface area contributed by atoms with Crippen LogP contribution in [0.1, 0.15) is 60.6 Å². The topological polar surface area (TPSA) is 131 Å². The molecular weight excluding hydrogens is 443 g/mol. The molecule has 1 fully saturated rings. The van der Waals surface area contributed by atoms with Crippen molar-refractivity contribution in [1.82, 2.24) is 35.9 Å². The van der Waals surface area contributed by atoms with E-state index < -0.39 is 30.3 Å². The lowest BCUT2D eigenvalue weighted by Gasteiger charge is -2.29. The third-order valence-corrected chi connectivity index (χ3v) is 5.66. The summed E-state index contributed by atoms with van der Waals surface area (Å²) < 4.78 is 49.4. The van der Waals surface area contributed by atoms with Crippen molar-refractivity contribution in [2.24, 2.45) is 5.92 Å². The molecule has 3 aromatic heterocycles. The number of pyridine rings is 1. The molecule has 13 heteroatoms. The highest BCUT2D eigenvalue weighted by Crippen LogP contribution is 2.41. The maximum absolute atomic E-state index is 13.3. The summed E-state index contributed by atoms with van der Waals surface area (Å²) in [6.07, 6.45) is 0.483. The molecule has 33 heavy (non-hydrogen) atoms. The van der Waals surface area contributed by atoms with E-state index in [9.17, 15) is 18.0 Å². The van der Waals surface area contributed by atoms with Crippen molar-refractivity contribution in [3.63, 3.8) is 0 Å². The molecule has 0 aliphatic heterocycles. The van der Waals surface area contributed by atoms with E-state index in [1.54, 1.807) is 6.20 Å². The maximum Gasteiger partial charge on any atom is 0.416 e. The summed E-state index contributed by atoms with van der Waals surface area (Å²) in [4.78, 5) is 24.3. The number of halogens is 3. The first-order valence-electron chi connectivity index (χ1n) is 10.4. The van der Waals surface area contributed by atoms with Gasteiger partial charge in [-0.15, -0.1) is 0 Å². The van der Waals surface area contributed by atoms with Gasteiger partial charge in [-0.1, -0.05) is 5.16 Å². The second kappa shape index (κ2) is 8.71. The van der Waals surface area contributed by atoms with E-state index in [0.29, 0.717) is 17.1 Å². The van der Waals surface area contributed by atoms with Gasteiger partial charge in [0.15, 0.2) is 16.9 Å². The van der Waals surface area contributed by atoms with Crippen LogP contribution in [0.15, 0.2) is 23.1 Å². The number of aromatic amines is 1. The summed E-state index contributed by atoms with van der Waals surface area (Å²) in [5.41, 5.74) is -0.621. The fourth-order valence-corrected chi connectivity index (χ4v) is 3.43. The van der Waals surface area contributed by atoms with E-state index in [2.05, 4.69) is 40.5 Å². The number of carbonyl (C=O) groups is 1. The largest absolute Gasteiger partial charge is 0.416 e. The molecule has 1 amide bonds. The summed E-state index contributed by atoms with van der Waals surface area (Å²) in [7, 11) is 1.88. The van der Waals surface area contributed by atoms with Crippen LogP contribution >= 0.6 is 0 Å². The Labute approximate surface area is 186 Å². The van der Waals surface area contributed by atoms with Gasteiger partial charge in [0.2, 0.25) is 0 Å². The lowest BCUT2D eigenvalue weighted by atomic mass is 10.0. The molecule has 178 valence electrons. The number of nitrogens with zero attached hydrogens (tertiary/aromatic N) is 4. The predicted molar refractivity (Wildman–Crippen MR) is 109 cm³/mol. The zero-order valence-corrected chi connectivity index (χ0v) is 18.2. The van der Waals surface area contributed by atoms with Crippen LogP contribution in [-0.2, 0) is 4.74 Å². The number of hydrogen-bond donors (Lipinski definition) is 3. The molecule has 2 unspecified atom stereocenters. The average Bonchev–Trinajstić information content (AvgIpc) is 3.26. The lowest BCUT2D eigenvalue weighted by Crippen LogP contribution is -2.44. The molecule has 1 saturated carbocycles. The Balaban J connectivity index is 1.61. The molecule has 2 atom stereocenters. The van der Waals surface area contributed by atoms with Crippen molar-refractivity contribution in [3.05, 3.63) is 35.5 Å². The number of H-pyrrole nitrogens is 1. The SMILES string of the molecule is CNC(c1cnc2nc(C(COC(C)(C)C(F)(F)F)NC(=O)c3cnon3)[nH]c2c1)C1CC1. The van der Waals surface area contributed by atoms with Gasteiger partial charge in [0, 0.05) is 12.2 Å². The molecule has 3 heterocycles. The molecule has 1 aliphatic rings. The standard InChI is InChI=1S/C20H24F3N7O3/c1-19(2,20(21,22)23)32-9-14(28-18(31)13-8-26-33-30-13)17-27-12-6-11(7-25-16(12)29-17)15(24-3)10-4-5-10/h6-8,10,14-15,24H,4-5,9H2,1-3H3,(H,28,31)(H,25,27,29). The fraction of sp³-hybridized carbons (Fsp3) is 0.550. The zero-order chi connectivity index (χ0) is 23.8. The normalized spacial score (nSPS) is 16.7. The summed E-state index contributed by atoms with van der Waals surface area (Å²) in [6, 6.07) is 1.01. The molecule has 1 aliphatic carbocycles. The molecule has 3 N–H and O–H groups in total. The van der Waals surface area contributed by atoms with E-state index in [-0.39, 0.29) is 17.6 Å². The molecule has 0 radical (unpaired) electrons. The number of nitrogens with one attached hydrogen (secondary N) is 3. The fourth-order valence-electron chi connectivity index (χ4n) is 3.43. The van der Waals surface area contributed by atoms with Gasteiger partial charge in [-0.05, 0) is 56.4 Å². The number of alkyl halides is 3. The number of carbonyl (C=O) groups excluding carboxylic acids is 1. The molecule has 0 spiro atoms. The number of hydrogen-bond acceptors (Lipinski definition) is 8. The minimum Gasteiger partial charge on any atom is -0.364 e. The van der Waals surface area contributed by atoms with Crippen LogP contribution in [-0.4, -0.2) is 56.6 Å². The van der Waals surface area contributed by atoms with Crippen molar-refractivity contribution in [2.75, 3.05) is 13.7 Å². The first-order valence-corrected chi connectivity index (χ1v) is 10.4. The minimum absolute atomic E-state index is 0.132. The van der Waals surface area contributed by atoms with Gasteiger partial charge in [-0.2, -0.15) is 13.2 Å². The van der Waals surface area contributed by atoms with Crippen LogP contribution in [0.25, 0.3) is 11.2 Å². The Morgan fingerprint density at radius 2 is 2.09 bits per heavy atom. The zero-order valence-electron chi connectivity index (χ0n) is 18.2. The maximum atomic E-state index is 13.3. The summed E-state index contributed by atoms with van der Waals surface area (Å²) in [5.74, 6) is 0.0374. The first-order chi connectivity index (χ1) is 15.6. The van der Waals surface area contributed by atoms with E-state index in [0.717, 1.165) is 38.4 Å². The van der Waals surface area contributed by atoms with Crippen molar-refractivity contribution < 1.29 is 27.3 Å². The Hall–Kier alpha value is -3.06. The minimum atomic E-state index is -4.60. The average molecular weight is 467 g/mol. The van der Waals surface area contributed by atoms with Crippen molar-refractivity contribution in [1.29, 1.82) is 0 Å². The third-order valence-electron chi connectivity index (χ3n) is 5.66. The highest BCUT2D eigenvalue weighted by Gasteiger charge is 2.49. The van der Waals surface area contributed by atoms with E-state index in [1.165, 1.54) is 0 Å². The molecule has 0 saturated heterocycles. The summed E-state index contributed by atoms with van der Waals surface area (Å²) in [5, 5.41) is 12.7. The quantitative estimate of drug-likeness (QED) is 0.438. The number of amides is 1. The van der Waals surface area contributed by atoms with Crippen LogP contribution < -0.4 is 10.6 Å². The second-order valence-electron chi connectivity index (χ2n) is 8.50. The highest BCUT2D eigenvalue weighted by molar-refractivity contribution is 5.92. The third kappa shape index (κ3) is 4.98. The highest BCUT2D eigenvalue weighted by atomic mass is 19.4. The molecule has 4 rings (SSSR count). The Bertz CT molecular complexity index is 1110. The van der Waals surface area contributed by atoms with Gasteiger partial charge in [0.05, 0.1) is 12.1 Å². The van der Waals surface area contributed by atoms with Crippen molar-refractivity contribution in [3.8, 4) is 0 Å². The molecule has 0 bridgehead atoms. The molecular formula is C20H24F3N7O3. The van der Waals surface area contributed by atoms with E-state index >= 15 is 0 Å². The molecule has 3 aromatic rings. The van der Waals surface area contributed by atoms with Gasteiger partial charge in [0.1, 0.15) is 18.1 Å². The number of rotatable bonds is 9. The van der Waals surface area contributed by atoms with Crippen LogP contribution in [0.2, 0.25) is 0 Å². The monoisotopic (exact) mass is 467 g/mol. The van der Waals surface area contributed by atoms with Gasteiger partial charge < -0.3 is 20.4 Å². The second-order valence-corrected chi connectivity index (χ2v) is 8.50. The smallest absolute Gasteiger partial charge is 0.364 e. The van der Waals surface area contributed by atoms with Gasteiger partial charge in [-0.25, -0.2) is 14.6 Å². The molecule has 10 nitrogen and oxygen atoms in total. The summed E-state index contributed by atoms with van der Waals surface area (Å²) >= 11 is 0. The van der Waals surface area contributed by atoms with Crippen LogP contribution in [0.4, 0.5) is 13.2 Å². The Morgan fingerprint density at radius 3 is 2.70 bits per heavy atom. The Kier molecular flexibility index (Phi) is 6.10. The number of imidazole rings is 1. The van der Waals surface area contributed by atoms with Crippen LogP contribution in [0, 0.1) is 5.92 Å². The van der Waals surface area contributed by atoms with Crippen molar-refractivity contribution >= 4 is 17.1 Å². The van der Waals surface area contributed by atoms with Gasteiger partial charge in [-0.3, -0.25) is 4.79 Å². The van der Waals surface area contributed by atoms with Crippen molar-refractivity contribution in [2.45, 2.75) is 50.6 Å². The van der Waals surface area contributed by atoms with E-state index in [4.69, 9.17) is 4.74 Å².